The molecule has 2 amide bonds. The highest BCUT2D eigenvalue weighted by Crippen LogP contribution is 2.27. The number of nitro groups is 1. The zero-order chi connectivity index (χ0) is 20.7. The highest BCUT2D eigenvalue weighted by atomic mass is 35.5. The number of benzene rings is 2. The summed E-state index contributed by atoms with van der Waals surface area (Å²) in [5, 5.41) is 15.5. The monoisotopic (exact) mass is 405 g/mol. The molecule has 0 atom stereocenters. The number of carbonyl (C=O) groups excluding carboxylic acids is 3. The predicted octanol–water partition coefficient (Wildman–Crippen LogP) is 2.47. The molecule has 0 unspecified atom stereocenters. The summed E-state index contributed by atoms with van der Waals surface area (Å²) in [5.41, 5.74) is 0.947. The summed E-state index contributed by atoms with van der Waals surface area (Å²) in [7, 11) is 0. The molecule has 0 spiro atoms. The van der Waals surface area contributed by atoms with Gasteiger partial charge in [-0.1, -0.05) is 29.8 Å². The molecule has 28 heavy (non-hydrogen) atoms. The second kappa shape index (κ2) is 9.47. The summed E-state index contributed by atoms with van der Waals surface area (Å²) < 4.78 is 4.77. The molecular formula is C18H16ClN3O6. The molecule has 0 bridgehead atoms. The van der Waals surface area contributed by atoms with Crippen molar-refractivity contribution in [3.63, 3.8) is 0 Å². The van der Waals surface area contributed by atoms with E-state index in [9.17, 15) is 24.5 Å². The largest absolute Gasteiger partial charge is 0.454 e. The van der Waals surface area contributed by atoms with Crippen LogP contribution in [-0.4, -0.2) is 35.9 Å². The van der Waals surface area contributed by atoms with E-state index in [2.05, 4.69) is 10.6 Å². The lowest BCUT2D eigenvalue weighted by Gasteiger charge is -2.09. The molecule has 0 fully saturated rings. The Morgan fingerprint density at radius 3 is 2.57 bits per heavy atom. The lowest BCUT2D eigenvalue weighted by molar-refractivity contribution is -0.384. The SMILES string of the molecule is Cc1ccccc1C(=O)NCC(=O)OCC(=O)Nc1ccc(Cl)c([N+](=O)[O-])c1. The van der Waals surface area contributed by atoms with E-state index in [-0.39, 0.29) is 16.4 Å². The number of nitrogens with one attached hydrogen (secondary N) is 2. The third-order valence-corrected chi connectivity index (χ3v) is 3.89. The molecule has 0 heterocycles. The van der Waals surface area contributed by atoms with E-state index in [1.807, 2.05) is 0 Å². The van der Waals surface area contributed by atoms with E-state index < -0.39 is 35.9 Å². The fourth-order valence-corrected chi connectivity index (χ4v) is 2.39. The summed E-state index contributed by atoms with van der Waals surface area (Å²) in [6, 6.07) is 10.6. The van der Waals surface area contributed by atoms with Crippen LogP contribution >= 0.6 is 11.6 Å². The maximum absolute atomic E-state index is 12.0. The maximum atomic E-state index is 12.0. The summed E-state index contributed by atoms with van der Waals surface area (Å²) in [5.74, 6) is -1.94. The number of hydrogen-bond acceptors (Lipinski definition) is 6. The third-order valence-electron chi connectivity index (χ3n) is 3.57. The van der Waals surface area contributed by atoms with Crippen LogP contribution in [0.3, 0.4) is 0 Å². The number of halogens is 1. The van der Waals surface area contributed by atoms with Gasteiger partial charge in [-0.05, 0) is 30.7 Å². The smallest absolute Gasteiger partial charge is 0.325 e. The number of hydrogen-bond donors (Lipinski definition) is 2. The molecule has 2 rings (SSSR count). The van der Waals surface area contributed by atoms with Gasteiger partial charge in [0.1, 0.15) is 11.6 Å². The van der Waals surface area contributed by atoms with Gasteiger partial charge in [-0.3, -0.25) is 24.5 Å². The van der Waals surface area contributed by atoms with Crippen molar-refractivity contribution < 1.29 is 24.0 Å². The molecule has 0 radical (unpaired) electrons. The summed E-state index contributed by atoms with van der Waals surface area (Å²) >= 11 is 5.69. The van der Waals surface area contributed by atoms with E-state index in [4.69, 9.17) is 16.3 Å². The normalized spacial score (nSPS) is 10.1. The Hall–Kier alpha value is -3.46. The molecule has 2 aromatic carbocycles. The Morgan fingerprint density at radius 2 is 1.89 bits per heavy atom. The zero-order valence-corrected chi connectivity index (χ0v) is 15.5. The van der Waals surface area contributed by atoms with Crippen LogP contribution in [0.15, 0.2) is 42.5 Å². The summed E-state index contributed by atoms with van der Waals surface area (Å²) in [6.07, 6.45) is 0. The number of amides is 2. The Bertz CT molecular complexity index is 931. The summed E-state index contributed by atoms with van der Waals surface area (Å²) in [6.45, 7) is 0.737. The zero-order valence-electron chi connectivity index (χ0n) is 14.7. The summed E-state index contributed by atoms with van der Waals surface area (Å²) in [4.78, 5) is 45.6. The van der Waals surface area contributed by atoms with Crippen molar-refractivity contribution in [2.45, 2.75) is 6.92 Å². The third kappa shape index (κ3) is 5.78. The van der Waals surface area contributed by atoms with Crippen molar-refractivity contribution in [1.82, 2.24) is 5.32 Å². The van der Waals surface area contributed by atoms with E-state index in [1.165, 1.54) is 12.1 Å². The second-order valence-electron chi connectivity index (χ2n) is 5.63. The van der Waals surface area contributed by atoms with Crippen LogP contribution in [0.25, 0.3) is 0 Å². The quantitative estimate of drug-likeness (QED) is 0.413. The molecule has 0 aliphatic carbocycles. The van der Waals surface area contributed by atoms with Crippen LogP contribution in [0.2, 0.25) is 5.02 Å². The Balaban J connectivity index is 1.80. The number of esters is 1. The van der Waals surface area contributed by atoms with Crippen LogP contribution in [0.4, 0.5) is 11.4 Å². The van der Waals surface area contributed by atoms with Crippen LogP contribution in [0.1, 0.15) is 15.9 Å². The van der Waals surface area contributed by atoms with Gasteiger partial charge in [0.15, 0.2) is 6.61 Å². The van der Waals surface area contributed by atoms with E-state index in [0.29, 0.717) is 5.56 Å². The molecule has 0 saturated carbocycles. The van der Waals surface area contributed by atoms with Gasteiger partial charge in [-0.2, -0.15) is 0 Å². The average molecular weight is 406 g/mol. The number of ether oxygens (including phenoxy) is 1. The van der Waals surface area contributed by atoms with Gasteiger partial charge in [-0.15, -0.1) is 0 Å². The van der Waals surface area contributed by atoms with Crippen molar-refractivity contribution in [2.75, 3.05) is 18.5 Å². The first-order valence-corrected chi connectivity index (χ1v) is 8.39. The van der Waals surface area contributed by atoms with Crippen molar-refractivity contribution >= 4 is 40.8 Å². The molecular weight excluding hydrogens is 390 g/mol. The first-order valence-electron chi connectivity index (χ1n) is 8.01. The Morgan fingerprint density at radius 1 is 1.18 bits per heavy atom. The van der Waals surface area contributed by atoms with Gasteiger partial charge in [-0.25, -0.2) is 0 Å². The van der Waals surface area contributed by atoms with Crippen molar-refractivity contribution in [3.8, 4) is 0 Å². The predicted molar refractivity (Wildman–Crippen MR) is 101 cm³/mol. The number of aryl methyl sites for hydroxylation is 1. The van der Waals surface area contributed by atoms with Crippen LogP contribution in [0.5, 0.6) is 0 Å². The minimum Gasteiger partial charge on any atom is -0.454 e. The standard InChI is InChI=1S/C18H16ClN3O6/c1-11-4-2-3-5-13(11)18(25)20-9-17(24)28-10-16(23)21-12-6-7-14(19)15(8-12)22(26)27/h2-8H,9-10H2,1H3,(H,20,25)(H,21,23). The first kappa shape index (κ1) is 20.8. The molecule has 2 N–H and O–H groups in total. The molecule has 0 aliphatic heterocycles. The lowest BCUT2D eigenvalue weighted by atomic mass is 10.1. The van der Waals surface area contributed by atoms with Crippen molar-refractivity contribution in [3.05, 3.63) is 68.7 Å². The van der Waals surface area contributed by atoms with Crippen LogP contribution < -0.4 is 10.6 Å². The Kier molecular flexibility index (Phi) is 7.05. The van der Waals surface area contributed by atoms with E-state index >= 15 is 0 Å². The topological polar surface area (TPSA) is 128 Å². The maximum Gasteiger partial charge on any atom is 0.325 e. The highest BCUT2D eigenvalue weighted by Gasteiger charge is 2.15. The van der Waals surface area contributed by atoms with Crippen LogP contribution in [0, 0.1) is 17.0 Å². The number of carbonyl (C=O) groups is 3. The number of nitrogens with zero attached hydrogens (tertiary/aromatic N) is 1. The van der Waals surface area contributed by atoms with Gasteiger partial charge in [0.25, 0.3) is 17.5 Å². The lowest BCUT2D eigenvalue weighted by Crippen LogP contribution is -2.32. The number of rotatable bonds is 7. The molecule has 0 saturated heterocycles. The molecule has 9 nitrogen and oxygen atoms in total. The fourth-order valence-electron chi connectivity index (χ4n) is 2.20. The van der Waals surface area contributed by atoms with Crippen LogP contribution in [-0.2, 0) is 14.3 Å². The van der Waals surface area contributed by atoms with Gasteiger partial charge in [0.2, 0.25) is 0 Å². The van der Waals surface area contributed by atoms with E-state index in [0.717, 1.165) is 11.6 Å². The van der Waals surface area contributed by atoms with Crippen molar-refractivity contribution in [2.24, 2.45) is 0 Å². The Labute approximate surface area is 164 Å². The highest BCUT2D eigenvalue weighted by molar-refractivity contribution is 6.32. The molecule has 0 aliphatic rings. The van der Waals surface area contributed by atoms with Gasteiger partial charge in [0, 0.05) is 17.3 Å². The molecule has 2 aromatic rings. The minimum absolute atomic E-state index is 0.0705. The molecule has 0 aromatic heterocycles. The van der Waals surface area contributed by atoms with Gasteiger partial charge in [0.05, 0.1) is 4.92 Å². The molecule has 146 valence electrons. The number of anilines is 1. The average Bonchev–Trinajstić information content (AvgIpc) is 2.66. The first-order chi connectivity index (χ1) is 13.3. The number of nitro benzene ring substituents is 1. The minimum atomic E-state index is -0.806. The fraction of sp³-hybridized carbons (Fsp3) is 0.167. The second-order valence-corrected chi connectivity index (χ2v) is 6.04. The van der Waals surface area contributed by atoms with Crippen molar-refractivity contribution in [1.29, 1.82) is 0 Å². The van der Waals surface area contributed by atoms with Gasteiger partial charge >= 0.3 is 5.97 Å². The van der Waals surface area contributed by atoms with E-state index in [1.54, 1.807) is 31.2 Å². The van der Waals surface area contributed by atoms with Gasteiger partial charge < -0.3 is 15.4 Å². The molecule has 10 heteroatoms.